The number of rotatable bonds is 6. The number of benzene rings is 1. The summed E-state index contributed by atoms with van der Waals surface area (Å²) in [6.07, 6.45) is 0.144. The van der Waals surface area contributed by atoms with E-state index < -0.39 is 0 Å². The van der Waals surface area contributed by atoms with Gasteiger partial charge in [-0.05, 0) is 38.1 Å². The van der Waals surface area contributed by atoms with Crippen molar-refractivity contribution < 1.29 is 14.1 Å². The number of amides is 1. The molecule has 0 fully saturated rings. The number of nitrogens with one attached hydrogen (secondary N) is 1. The van der Waals surface area contributed by atoms with E-state index in [0.29, 0.717) is 23.9 Å². The summed E-state index contributed by atoms with van der Waals surface area (Å²) in [5, 5.41) is 7.13. The highest BCUT2D eigenvalue weighted by Crippen LogP contribution is 2.22. The number of aromatic nitrogens is 1. The Morgan fingerprint density at radius 3 is 2.76 bits per heavy atom. The van der Waals surface area contributed by atoms with Crippen molar-refractivity contribution in [3.8, 4) is 11.3 Å². The molecule has 0 radical (unpaired) electrons. The molecule has 2 rings (SSSR count). The van der Waals surface area contributed by atoms with Gasteiger partial charge in [0, 0.05) is 23.2 Å². The summed E-state index contributed by atoms with van der Waals surface area (Å²) in [7, 11) is 0. The Balaban J connectivity index is 1.93. The van der Waals surface area contributed by atoms with Gasteiger partial charge in [-0.1, -0.05) is 16.8 Å². The Kier molecular flexibility index (Phi) is 5.36. The molecule has 0 aliphatic rings. The zero-order valence-corrected chi connectivity index (χ0v) is 12.7. The molecule has 1 aromatic carbocycles. The molecule has 0 aliphatic carbocycles. The van der Waals surface area contributed by atoms with Gasteiger partial charge in [-0.2, -0.15) is 0 Å². The third kappa shape index (κ3) is 4.58. The molecule has 2 aromatic rings. The molecular weight excluding hydrogens is 292 g/mol. The van der Waals surface area contributed by atoms with E-state index in [2.05, 4.69) is 10.5 Å². The van der Waals surface area contributed by atoms with E-state index in [1.54, 1.807) is 30.3 Å². The highest BCUT2D eigenvalue weighted by Gasteiger charge is 2.13. The second-order valence-corrected chi connectivity index (χ2v) is 5.20. The fraction of sp³-hybridized carbons (Fsp3) is 0.333. The van der Waals surface area contributed by atoms with Crippen molar-refractivity contribution in [3.05, 3.63) is 41.0 Å². The van der Waals surface area contributed by atoms with Crippen LogP contribution in [-0.2, 0) is 4.74 Å². The minimum absolute atomic E-state index is 0.144. The van der Waals surface area contributed by atoms with Gasteiger partial charge in [0.1, 0.15) is 0 Å². The molecule has 0 saturated heterocycles. The molecule has 0 bridgehead atoms. The van der Waals surface area contributed by atoms with E-state index in [9.17, 15) is 4.79 Å². The molecule has 0 unspecified atom stereocenters. The Hall–Kier alpha value is -1.85. The summed E-state index contributed by atoms with van der Waals surface area (Å²) in [5.41, 5.74) is 1.05. The third-order valence-electron chi connectivity index (χ3n) is 2.71. The smallest absolute Gasteiger partial charge is 0.273 e. The van der Waals surface area contributed by atoms with Crippen LogP contribution in [0.5, 0.6) is 0 Å². The highest BCUT2D eigenvalue weighted by molar-refractivity contribution is 6.30. The fourth-order valence-corrected chi connectivity index (χ4v) is 1.81. The molecule has 0 spiro atoms. The van der Waals surface area contributed by atoms with Crippen LogP contribution in [0.25, 0.3) is 11.3 Å². The lowest BCUT2D eigenvalue weighted by atomic mass is 10.1. The van der Waals surface area contributed by atoms with Gasteiger partial charge in [0.15, 0.2) is 11.5 Å². The second-order valence-electron chi connectivity index (χ2n) is 4.76. The van der Waals surface area contributed by atoms with Crippen molar-refractivity contribution >= 4 is 17.5 Å². The maximum Gasteiger partial charge on any atom is 0.273 e. The summed E-state index contributed by atoms with van der Waals surface area (Å²) < 4.78 is 10.5. The van der Waals surface area contributed by atoms with E-state index >= 15 is 0 Å². The van der Waals surface area contributed by atoms with Gasteiger partial charge in [-0.15, -0.1) is 0 Å². The van der Waals surface area contributed by atoms with Crippen molar-refractivity contribution in [2.45, 2.75) is 20.0 Å². The number of carbonyl (C=O) groups is 1. The maximum atomic E-state index is 11.9. The van der Waals surface area contributed by atoms with Crippen molar-refractivity contribution in [2.75, 3.05) is 13.2 Å². The van der Waals surface area contributed by atoms with Crippen LogP contribution in [0.15, 0.2) is 34.9 Å². The molecule has 1 amide bonds. The summed E-state index contributed by atoms with van der Waals surface area (Å²) in [6.45, 7) is 4.78. The van der Waals surface area contributed by atoms with Gasteiger partial charge >= 0.3 is 0 Å². The first-order chi connectivity index (χ1) is 10.1. The van der Waals surface area contributed by atoms with Crippen LogP contribution in [0.2, 0.25) is 5.02 Å². The van der Waals surface area contributed by atoms with Gasteiger partial charge in [0.2, 0.25) is 0 Å². The van der Waals surface area contributed by atoms with Crippen molar-refractivity contribution in [1.29, 1.82) is 0 Å². The Labute approximate surface area is 128 Å². The predicted molar refractivity (Wildman–Crippen MR) is 80.4 cm³/mol. The van der Waals surface area contributed by atoms with Crippen LogP contribution in [0, 0.1) is 0 Å². The van der Waals surface area contributed by atoms with E-state index in [1.165, 1.54) is 0 Å². The second kappa shape index (κ2) is 7.24. The molecule has 0 atom stereocenters. The Morgan fingerprint density at radius 1 is 1.38 bits per heavy atom. The van der Waals surface area contributed by atoms with Crippen LogP contribution in [0.4, 0.5) is 0 Å². The number of halogens is 1. The number of nitrogens with zero attached hydrogens (tertiary/aromatic N) is 1. The van der Waals surface area contributed by atoms with Crippen molar-refractivity contribution in [2.24, 2.45) is 0 Å². The van der Waals surface area contributed by atoms with E-state index in [4.69, 9.17) is 20.9 Å². The summed E-state index contributed by atoms with van der Waals surface area (Å²) in [5.74, 6) is 0.238. The predicted octanol–water partition coefficient (Wildman–Crippen LogP) is 3.15. The zero-order chi connectivity index (χ0) is 15.2. The molecule has 1 N–H and O–H groups in total. The lowest BCUT2D eigenvalue weighted by Gasteiger charge is -2.07. The lowest BCUT2D eigenvalue weighted by molar-refractivity contribution is 0.0743. The minimum Gasteiger partial charge on any atom is -0.377 e. The van der Waals surface area contributed by atoms with Gasteiger partial charge < -0.3 is 14.6 Å². The van der Waals surface area contributed by atoms with Crippen LogP contribution >= 0.6 is 11.6 Å². The molecule has 1 heterocycles. The molecule has 0 saturated carbocycles. The van der Waals surface area contributed by atoms with E-state index in [0.717, 1.165) is 5.56 Å². The molecule has 1 aromatic heterocycles. The molecule has 5 nitrogen and oxygen atoms in total. The monoisotopic (exact) mass is 308 g/mol. The summed E-state index contributed by atoms with van der Waals surface area (Å²) in [6, 6.07) is 8.72. The SMILES string of the molecule is CC(C)OCCNC(=O)c1cc(-c2ccc(Cl)cc2)on1. The van der Waals surface area contributed by atoms with Crippen LogP contribution in [-0.4, -0.2) is 30.3 Å². The number of ether oxygens (including phenoxy) is 1. The first kappa shape index (κ1) is 15.5. The maximum absolute atomic E-state index is 11.9. The molecular formula is C15H17ClN2O3. The zero-order valence-electron chi connectivity index (χ0n) is 11.9. The third-order valence-corrected chi connectivity index (χ3v) is 2.96. The largest absolute Gasteiger partial charge is 0.377 e. The van der Waals surface area contributed by atoms with E-state index in [-0.39, 0.29) is 17.7 Å². The Bertz CT molecular complexity index is 593. The average molecular weight is 309 g/mol. The van der Waals surface area contributed by atoms with Gasteiger partial charge in [-0.25, -0.2) is 0 Å². The van der Waals surface area contributed by atoms with E-state index in [1.807, 2.05) is 13.8 Å². The topological polar surface area (TPSA) is 64.4 Å². The van der Waals surface area contributed by atoms with Gasteiger partial charge in [-0.3, -0.25) is 4.79 Å². The summed E-state index contributed by atoms with van der Waals surface area (Å²) in [4.78, 5) is 11.9. The first-order valence-corrected chi connectivity index (χ1v) is 7.06. The minimum atomic E-state index is -0.286. The van der Waals surface area contributed by atoms with Crippen molar-refractivity contribution in [1.82, 2.24) is 10.5 Å². The fourth-order valence-electron chi connectivity index (χ4n) is 1.68. The van der Waals surface area contributed by atoms with Crippen LogP contribution in [0.3, 0.4) is 0 Å². The lowest BCUT2D eigenvalue weighted by Crippen LogP contribution is -2.28. The quantitative estimate of drug-likeness (QED) is 0.833. The molecule has 112 valence electrons. The number of carbonyl (C=O) groups excluding carboxylic acids is 1. The van der Waals surface area contributed by atoms with Crippen LogP contribution in [0.1, 0.15) is 24.3 Å². The number of hydrogen-bond acceptors (Lipinski definition) is 4. The van der Waals surface area contributed by atoms with Crippen LogP contribution < -0.4 is 5.32 Å². The Morgan fingerprint density at radius 2 is 2.10 bits per heavy atom. The molecule has 0 aliphatic heterocycles. The van der Waals surface area contributed by atoms with Gasteiger partial charge in [0.05, 0.1) is 12.7 Å². The normalized spacial score (nSPS) is 10.9. The van der Waals surface area contributed by atoms with Gasteiger partial charge in [0.25, 0.3) is 5.91 Å². The molecule has 21 heavy (non-hydrogen) atoms. The average Bonchev–Trinajstić information content (AvgIpc) is 2.94. The van der Waals surface area contributed by atoms with Crippen molar-refractivity contribution in [3.63, 3.8) is 0 Å². The first-order valence-electron chi connectivity index (χ1n) is 6.68. The molecule has 6 heteroatoms. The number of hydrogen-bond donors (Lipinski definition) is 1. The summed E-state index contributed by atoms with van der Waals surface area (Å²) >= 11 is 5.83. The highest BCUT2D eigenvalue weighted by atomic mass is 35.5. The standard InChI is InChI=1S/C15H17ClN2O3/c1-10(2)20-8-7-17-15(19)13-9-14(21-18-13)11-3-5-12(16)6-4-11/h3-6,9-10H,7-8H2,1-2H3,(H,17,19).